The van der Waals surface area contributed by atoms with Crippen LogP contribution in [0.5, 0.6) is 0 Å². The van der Waals surface area contributed by atoms with E-state index in [2.05, 4.69) is 0 Å². The Morgan fingerprint density at radius 1 is 1.32 bits per heavy atom. The lowest BCUT2D eigenvalue weighted by atomic mass is 10.2. The van der Waals surface area contributed by atoms with E-state index in [4.69, 9.17) is 23.1 Å². The number of anilines is 3. The average Bonchev–Trinajstić information content (AvgIpc) is 2.50. The Labute approximate surface area is 115 Å². The molecule has 0 spiro atoms. The number of benzene rings is 1. The highest BCUT2D eigenvalue weighted by molar-refractivity contribution is 6.33. The maximum atomic E-state index is 14.2. The quantitative estimate of drug-likeness (QED) is 0.763. The van der Waals surface area contributed by atoms with Gasteiger partial charge in [-0.1, -0.05) is 11.6 Å². The molecule has 1 aliphatic rings. The van der Waals surface area contributed by atoms with Crippen LogP contribution in [0.1, 0.15) is 6.42 Å². The van der Waals surface area contributed by atoms with Crippen molar-refractivity contribution < 1.29 is 9.18 Å². The van der Waals surface area contributed by atoms with E-state index >= 15 is 0 Å². The second-order valence-electron chi connectivity index (χ2n) is 4.62. The first-order valence-corrected chi connectivity index (χ1v) is 6.31. The molecule has 0 atom stereocenters. The molecule has 19 heavy (non-hydrogen) atoms. The summed E-state index contributed by atoms with van der Waals surface area (Å²) in [6.45, 7) is 1.26. The predicted octanol–water partition coefficient (Wildman–Crippen LogP) is 1.31. The molecular formula is C12H16ClFN4O. The van der Waals surface area contributed by atoms with Crippen LogP contribution in [0.2, 0.25) is 5.02 Å². The average molecular weight is 287 g/mol. The third-order valence-corrected chi connectivity index (χ3v) is 3.61. The Hall–Kier alpha value is -1.69. The number of rotatable bonds is 1. The smallest absolute Gasteiger partial charge is 0.241 e. The molecule has 1 saturated heterocycles. The van der Waals surface area contributed by atoms with Gasteiger partial charge in [0.15, 0.2) is 5.82 Å². The van der Waals surface area contributed by atoms with Gasteiger partial charge in [-0.2, -0.15) is 0 Å². The van der Waals surface area contributed by atoms with Crippen molar-refractivity contribution in [2.24, 2.45) is 0 Å². The summed E-state index contributed by atoms with van der Waals surface area (Å²) in [6, 6.07) is 1.42. The molecule has 0 bridgehead atoms. The van der Waals surface area contributed by atoms with Gasteiger partial charge in [-0.15, -0.1) is 0 Å². The zero-order chi connectivity index (χ0) is 14.2. The molecule has 1 aromatic rings. The number of likely N-dealkylation sites (N-methyl/N-ethyl adjacent to an activating group) is 1. The molecule has 1 fully saturated rings. The van der Waals surface area contributed by atoms with Crippen molar-refractivity contribution in [2.45, 2.75) is 6.42 Å². The van der Waals surface area contributed by atoms with Crippen LogP contribution in [0.15, 0.2) is 6.07 Å². The standard InChI is InChI=1S/C12H16ClFN4O/c1-17-3-2-4-18(6-9(17)19)12-8(16)5-7(15)10(13)11(12)14/h5H,2-4,6,15-16H2,1H3. The molecule has 7 heteroatoms. The maximum Gasteiger partial charge on any atom is 0.241 e. The zero-order valence-corrected chi connectivity index (χ0v) is 11.4. The van der Waals surface area contributed by atoms with Gasteiger partial charge in [0.05, 0.1) is 23.6 Å². The molecule has 1 heterocycles. The first-order valence-electron chi connectivity index (χ1n) is 5.93. The highest BCUT2D eigenvalue weighted by Gasteiger charge is 2.25. The summed E-state index contributed by atoms with van der Waals surface area (Å²) in [7, 11) is 1.72. The van der Waals surface area contributed by atoms with Gasteiger partial charge in [0.1, 0.15) is 5.02 Å². The number of carbonyl (C=O) groups excluding carboxylic acids is 1. The minimum absolute atomic E-state index is 0.0794. The fraction of sp³-hybridized carbons (Fsp3) is 0.417. The van der Waals surface area contributed by atoms with Gasteiger partial charge in [0, 0.05) is 20.1 Å². The zero-order valence-electron chi connectivity index (χ0n) is 10.6. The minimum Gasteiger partial charge on any atom is -0.397 e. The molecule has 1 amide bonds. The van der Waals surface area contributed by atoms with E-state index in [1.807, 2.05) is 0 Å². The summed E-state index contributed by atoms with van der Waals surface area (Å²) in [4.78, 5) is 15.1. The molecule has 5 nitrogen and oxygen atoms in total. The van der Waals surface area contributed by atoms with Crippen molar-refractivity contribution in [3.63, 3.8) is 0 Å². The number of hydrogen-bond acceptors (Lipinski definition) is 4. The highest BCUT2D eigenvalue weighted by Crippen LogP contribution is 2.36. The molecule has 4 N–H and O–H groups in total. The Kier molecular flexibility index (Phi) is 3.71. The normalized spacial score (nSPS) is 16.7. The Balaban J connectivity index is 2.41. The summed E-state index contributed by atoms with van der Waals surface area (Å²) in [5, 5.41) is -0.158. The van der Waals surface area contributed by atoms with E-state index in [9.17, 15) is 9.18 Å². The number of nitrogens with two attached hydrogens (primary N) is 2. The third-order valence-electron chi connectivity index (χ3n) is 3.23. The van der Waals surface area contributed by atoms with Crippen LogP contribution in [0, 0.1) is 5.82 Å². The predicted molar refractivity (Wildman–Crippen MR) is 74.7 cm³/mol. The van der Waals surface area contributed by atoms with E-state index in [1.54, 1.807) is 16.8 Å². The first kappa shape index (κ1) is 13.7. The fourth-order valence-corrected chi connectivity index (χ4v) is 2.30. The van der Waals surface area contributed by atoms with Gasteiger partial charge in [-0.3, -0.25) is 4.79 Å². The van der Waals surface area contributed by atoms with Gasteiger partial charge >= 0.3 is 0 Å². The van der Waals surface area contributed by atoms with Crippen molar-refractivity contribution in [3.8, 4) is 0 Å². The maximum absolute atomic E-state index is 14.2. The fourth-order valence-electron chi connectivity index (χ4n) is 2.16. The van der Waals surface area contributed by atoms with E-state index in [-0.39, 0.29) is 34.5 Å². The summed E-state index contributed by atoms with van der Waals surface area (Å²) in [5.74, 6) is -0.749. The van der Waals surface area contributed by atoms with Crippen LogP contribution in [0.25, 0.3) is 0 Å². The second-order valence-corrected chi connectivity index (χ2v) is 5.00. The van der Waals surface area contributed by atoms with Crippen LogP contribution in [-0.4, -0.2) is 37.5 Å². The van der Waals surface area contributed by atoms with Gasteiger partial charge in [0.2, 0.25) is 5.91 Å². The molecule has 104 valence electrons. The lowest BCUT2D eigenvalue weighted by molar-refractivity contribution is -0.127. The topological polar surface area (TPSA) is 75.6 Å². The lowest BCUT2D eigenvalue weighted by Crippen LogP contribution is -2.35. The minimum atomic E-state index is -0.670. The third kappa shape index (κ3) is 2.53. The van der Waals surface area contributed by atoms with Crippen LogP contribution in [0.3, 0.4) is 0 Å². The van der Waals surface area contributed by atoms with Crippen molar-refractivity contribution in [1.29, 1.82) is 0 Å². The molecule has 1 aromatic carbocycles. The Morgan fingerprint density at radius 3 is 2.68 bits per heavy atom. The van der Waals surface area contributed by atoms with Crippen molar-refractivity contribution in [1.82, 2.24) is 4.90 Å². The van der Waals surface area contributed by atoms with Crippen molar-refractivity contribution in [3.05, 3.63) is 16.9 Å². The number of nitrogen functional groups attached to an aromatic ring is 2. The van der Waals surface area contributed by atoms with E-state index < -0.39 is 5.82 Å². The van der Waals surface area contributed by atoms with Crippen LogP contribution < -0.4 is 16.4 Å². The molecule has 0 radical (unpaired) electrons. The summed E-state index contributed by atoms with van der Waals surface area (Å²) < 4.78 is 14.2. The number of halogens is 2. The first-order chi connectivity index (χ1) is 8.91. The SMILES string of the molecule is CN1CCCN(c2c(N)cc(N)c(Cl)c2F)CC1=O. The van der Waals surface area contributed by atoms with Gasteiger partial charge < -0.3 is 21.3 Å². The molecule has 0 aromatic heterocycles. The largest absolute Gasteiger partial charge is 0.397 e. The second kappa shape index (κ2) is 5.13. The molecule has 0 aliphatic carbocycles. The summed E-state index contributed by atoms with van der Waals surface area (Å²) in [6.07, 6.45) is 0.739. The van der Waals surface area contributed by atoms with E-state index in [0.717, 1.165) is 6.42 Å². The van der Waals surface area contributed by atoms with Gasteiger partial charge in [-0.05, 0) is 12.5 Å². The molecular weight excluding hydrogens is 271 g/mol. The van der Waals surface area contributed by atoms with Crippen molar-refractivity contribution in [2.75, 3.05) is 43.0 Å². The number of hydrogen-bond donors (Lipinski definition) is 2. The van der Waals surface area contributed by atoms with E-state index in [1.165, 1.54) is 6.07 Å². The van der Waals surface area contributed by atoms with Gasteiger partial charge in [-0.25, -0.2) is 4.39 Å². The van der Waals surface area contributed by atoms with Crippen molar-refractivity contribution >= 4 is 34.6 Å². The van der Waals surface area contributed by atoms with Crippen LogP contribution in [-0.2, 0) is 4.79 Å². The molecule has 0 unspecified atom stereocenters. The summed E-state index contributed by atoms with van der Waals surface area (Å²) in [5.41, 5.74) is 11.8. The monoisotopic (exact) mass is 286 g/mol. The Bertz CT molecular complexity index is 523. The van der Waals surface area contributed by atoms with E-state index in [0.29, 0.717) is 13.1 Å². The Morgan fingerprint density at radius 2 is 2.00 bits per heavy atom. The van der Waals surface area contributed by atoms with Crippen LogP contribution >= 0.6 is 11.6 Å². The van der Waals surface area contributed by atoms with Gasteiger partial charge in [0.25, 0.3) is 0 Å². The molecule has 0 saturated carbocycles. The number of carbonyl (C=O) groups is 1. The van der Waals surface area contributed by atoms with Crippen LogP contribution in [0.4, 0.5) is 21.5 Å². The molecule has 2 rings (SSSR count). The lowest BCUT2D eigenvalue weighted by Gasteiger charge is -2.24. The number of amides is 1. The summed E-state index contributed by atoms with van der Waals surface area (Å²) >= 11 is 5.80. The molecule has 1 aliphatic heterocycles. The number of nitrogens with zero attached hydrogens (tertiary/aromatic N) is 2. The highest BCUT2D eigenvalue weighted by atomic mass is 35.5.